The molecule has 0 bridgehead atoms. The number of nitrogens with one attached hydrogen (secondary N) is 2. The molecular weight excluding hydrogens is 266 g/mol. The lowest BCUT2D eigenvalue weighted by Crippen LogP contribution is -2.46. The topological polar surface area (TPSA) is 53.6 Å². The van der Waals surface area contributed by atoms with Crippen molar-refractivity contribution < 1.29 is 9.53 Å². The predicted molar refractivity (Wildman–Crippen MR) is 84.8 cm³/mol. The number of morpholine rings is 1. The van der Waals surface area contributed by atoms with Crippen molar-refractivity contribution in [2.75, 3.05) is 45.2 Å². The first-order valence-corrected chi connectivity index (χ1v) is 7.62. The van der Waals surface area contributed by atoms with Gasteiger partial charge in [-0.1, -0.05) is 19.1 Å². The maximum absolute atomic E-state index is 12.3. The Morgan fingerprint density at radius 1 is 1.43 bits per heavy atom. The minimum atomic E-state index is -0.0500. The molecule has 5 heteroatoms. The van der Waals surface area contributed by atoms with E-state index in [1.807, 2.05) is 24.3 Å². The number of rotatable bonds is 6. The highest BCUT2D eigenvalue weighted by atomic mass is 16.5. The molecule has 116 valence electrons. The van der Waals surface area contributed by atoms with Gasteiger partial charge in [-0.25, -0.2) is 0 Å². The van der Waals surface area contributed by atoms with Gasteiger partial charge >= 0.3 is 0 Å². The van der Waals surface area contributed by atoms with Gasteiger partial charge in [0.2, 0.25) is 0 Å². The molecule has 0 radical (unpaired) electrons. The lowest BCUT2D eigenvalue weighted by atomic mass is 10.1. The highest BCUT2D eigenvalue weighted by Gasteiger charge is 2.19. The van der Waals surface area contributed by atoms with Crippen LogP contribution in [0.1, 0.15) is 23.7 Å². The summed E-state index contributed by atoms with van der Waals surface area (Å²) in [4.78, 5) is 14.6. The van der Waals surface area contributed by atoms with Crippen molar-refractivity contribution in [3.63, 3.8) is 0 Å². The van der Waals surface area contributed by atoms with Crippen LogP contribution < -0.4 is 10.6 Å². The summed E-state index contributed by atoms with van der Waals surface area (Å²) in [6.07, 6.45) is 1.10. The van der Waals surface area contributed by atoms with Gasteiger partial charge in [-0.05, 0) is 25.6 Å². The normalized spacial score (nSPS) is 19.2. The molecule has 1 aromatic rings. The Balaban J connectivity index is 1.90. The number of para-hydroxylation sites is 1. The van der Waals surface area contributed by atoms with Crippen LogP contribution in [0.4, 0.5) is 5.69 Å². The molecule has 1 amide bonds. The molecular formula is C16H25N3O2. The van der Waals surface area contributed by atoms with Gasteiger partial charge in [0.15, 0.2) is 0 Å². The smallest absolute Gasteiger partial charge is 0.253 e. The van der Waals surface area contributed by atoms with Crippen molar-refractivity contribution in [1.82, 2.24) is 10.2 Å². The molecule has 1 atom stereocenters. The van der Waals surface area contributed by atoms with Crippen LogP contribution in [0.5, 0.6) is 0 Å². The zero-order chi connectivity index (χ0) is 15.1. The van der Waals surface area contributed by atoms with Crippen LogP contribution in [0, 0.1) is 0 Å². The standard InChI is InChI=1S/C16H25N3O2/c1-3-8-17-15-7-5-4-6-14(15)16(20)18-11-13-12-19(2)9-10-21-13/h4-7,13,17H,3,8-12H2,1-2H3,(H,18,20). The molecule has 0 saturated carbocycles. The number of carbonyl (C=O) groups is 1. The van der Waals surface area contributed by atoms with E-state index >= 15 is 0 Å². The third-order valence-electron chi connectivity index (χ3n) is 3.57. The number of hydrogen-bond donors (Lipinski definition) is 2. The Labute approximate surface area is 126 Å². The molecule has 1 aliphatic rings. The predicted octanol–water partition coefficient (Wildman–Crippen LogP) is 1.57. The highest BCUT2D eigenvalue weighted by molar-refractivity contribution is 5.99. The van der Waals surface area contributed by atoms with Gasteiger partial charge in [0.25, 0.3) is 5.91 Å². The molecule has 0 spiro atoms. The van der Waals surface area contributed by atoms with Crippen LogP contribution >= 0.6 is 0 Å². The number of hydrogen-bond acceptors (Lipinski definition) is 4. The summed E-state index contributed by atoms with van der Waals surface area (Å²) in [7, 11) is 2.07. The largest absolute Gasteiger partial charge is 0.384 e. The summed E-state index contributed by atoms with van der Waals surface area (Å²) in [5.41, 5.74) is 1.58. The zero-order valence-corrected chi connectivity index (χ0v) is 12.9. The average molecular weight is 291 g/mol. The molecule has 2 rings (SSSR count). The van der Waals surface area contributed by atoms with Gasteiger partial charge in [-0.2, -0.15) is 0 Å². The van der Waals surface area contributed by atoms with E-state index < -0.39 is 0 Å². The number of carbonyl (C=O) groups excluding carboxylic acids is 1. The zero-order valence-electron chi connectivity index (χ0n) is 12.9. The second-order valence-electron chi connectivity index (χ2n) is 5.44. The number of ether oxygens (including phenoxy) is 1. The maximum atomic E-state index is 12.3. The van der Waals surface area contributed by atoms with Crippen molar-refractivity contribution in [3.05, 3.63) is 29.8 Å². The molecule has 1 fully saturated rings. The van der Waals surface area contributed by atoms with Gasteiger partial charge < -0.3 is 20.3 Å². The van der Waals surface area contributed by atoms with Crippen molar-refractivity contribution in [2.24, 2.45) is 0 Å². The summed E-state index contributed by atoms with van der Waals surface area (Å²) in [5, 5.41) is 6.26. The monoisotopic (exact) mass is 291 g/mol. The van der Waals surface area contributed by atoms with Crippen LogP contribution in [0.2, 0.25) is 0 Å². The van der Waals surface area contributed by atoms with Gasteiger partial charge in [0.1, 0.15) is 0 Å². The second kappa shape index (κ2) is 8.00. The minimum Gasteiger partial charge on any atom is -0.384 e. The fourth-order valence-electron chi connectivity index (χ4n) is 2.39. The number of benzene rings is 1. The molecule has 21 heavy (non-hydrogen) atoms. The van der Waals surface area contributed by atoms with E-state index in [0.29, 0.717) is 12.1 Å². The fourth-order valence-corrected chi connectivity index (χ4v) is 2.39. The van der Waals surface area contributed by atoms with E-state index in [0.717, 1.165) is 38.3 Å². The van der Waals surface area contributed by atoms with Crippen LogP contribution in [-0.4, -0.2) is 56.7 Å². The quantitative estimate of drug-likeness (QED) is 0.835. The molecule has 5 nitrogen and oxygen atoms in total. The van der Waals surface area contributed by atoms with Gasteiger partial charge in [0.05, 0.1) is 18.3 Å². The van der Waals surface area contributed by atoms with E-state index in [1.165, 1.54) is 0 Å². The number of nitrogens with zero attached hydrogens (tertiary/aromatic N) is 1. The summed E-state index contributed by atoms with van der Waals surface area (Å²) in [6.45, 7) is 6.05. The van der Waals surface area contributed by atoms with Crippen LogP contribution in [0.15, 0.2) is 24.3 Å². The number of likely N-dealkylation sites (N-methyl/N-ethyl adjacent to an activating group) is 1. The third kappa shape index (κ3) is 4.72. The summed E-state index contributed by atoms with van der Waals surface area (Å²) < 4.78 is 5.66. The molecule has 1 aromatic carbocycles. The molecule has 1 unspecified atom stereocenters. The minimum absolute atomic E-state index is 0.0500. The Hall–Kier alpha value is -1.59. The fraction of sp³-hybridized carbons (Fsp3) is 0.562. The molecule has 0 aromatic heterocycles. The van der Waals surface area contributed by atoms with Crippen molar-refractivity contribution in [3.8, 4) is 0 Å². The van der Waals surface area contributed by atoms with E-state index in [2.05, 4.69) is 29.5 Å². The van der Waals surface area contributed by atoms with Crippen molar-refractivity contribution in [1.29, 1.82) is 0 Å². The molecule has 1 heterocycles. The molecule has 2 N–H and O–H groups in total. The first-order valence-electron chi connectivity index (χ1n) is 7.62. The molecule has 1 aliphatic heterocycles. The number of amides is 1. The first kappa shape index (κ1) is 15.8. The summed E-state index contributed by atoms with van der Waals surface area (Å²) in [5.74, 6) is -0.0500. The van der Waals surface area contributed by atoms with E-state index in [1.54, 1.807) is 0 Å². The highest BCUT2D eigenvalue weighted by Crippen LogP contribution is 2.15. The average Bonchev–Trinajstić information content (AvgIpc) is 2.51. The Bertz CT molecular complexity index is 465. The number of anilines is 1. The van der Waals surface area contributed by atoms with E-state index in [9.17, 15) is 4.79 Å². The lowest BCUT2D eigenvalue weighted by molar-refractivity contribution is -0.0174. The van der Waals surface area contributed by atoms with Crippen LogP contribution in [-0.2, 0) is 4.74 Å². The van der Waals surface area contributed by atoms with Gasteiger partial charge in [-0.15, -0.1) is 0 Å². The van der Waals surface area contributed by atoms with Crippen LogP contribution in [0.25, 0.3) is 0 Å². The second-order valence-corrected chi connectivity index (χ2v) is 5.44. The van der Waals surface area contributed by atoms with Crippen molar-refractivity contribution in [2.45, 2.75) is 19.4 Å². The molecule has 1 saturated heterocycles. The lowest BCUT2D eigenvalue weighted by Gasteiger charge is -2.30. The first-order chi connectivity index (χ1) is 10.2. The Kier molecular flexibility index (Phi) is 6.02. The van der Waals surface area contributed by atoms with Gasteiger partial charge in [-0.3, -0.25) is 4.79 Å². The Morgan fingerprint density at radius 3 is 3.00 bits per heavy atom. The SMILES string of the molecule is CCCNc1ccccc1C(=O)NCC1CN(C)CCO1. The third-order valence-corrected chi connectivity index (χ3v) is 3.57. The van der Waals surface area contributed by atoms with E-state index in [-0.39, 0.29) is 12.0 Å². The van der Waals surface area contributed by atoms with E-state index in [4.69, 9.17) is 4.74 Å². The molecule has 0 aliphatic carbocycles. The van der Waals surface area contributed by atoms with Crippen molar-refractivity contribution >= 4 is 11.6 Å². The maximum Gasteiger partial charge on any atom is 0.253 e. The summed E-state index contributed by atoms with van der Waals surface area (Å²) in [6, 6.07) is 7.61. The van der Waals surface area contributed by atoms with Gasteiger partial charge in [0, 0.05) is 31.9 Å². The summed E-state index contributed by atoms with van der Waals surface area (Å²) >= 11 is 0. The van der Waals surface area contributed by atoms with Crippen LogP contribution in [0.3, 0.4) is 0 Å². The Morgan fingerprint density at radius 2 is 2.24 bits per heavy atom.